The maximum absolute atomic E-state index is 6.49. The lowest BCUT2D eigenvalue weighted by Crippen LogP contribution is -2.41. The van der Waals surface area contributed by atoms with E-state index in [2.05, 4.69) is 46.8 Å². The Morgan fingerprint density at radius 1 is 1.05 bits per heavy atom. The molecule has 0 aliphatic heterocycles. The molecule has 1 nitrogen and oxygen atoms in total. The summed E-state index contributed by atoms with van der Waals surface area (Å²) in [6.45, 7) is 11.1. The predicted octanol–water partition coefficient (Wildman–Crippen LogP) is 6.28. The van der Waals surface area contributed by atoms with Gasteiger partial charge in [0.05, 0.1) is 11.2 Å². The van der Waals surface area contributed by atoms with E-state index in [1.54, 1.807) is 0 Å². The molecule has 0 amide bonds. The lowest BCUT2D eigenvalue weighted by molar-refractivity contribution is -0.153. The molecular weight excluding hydrogens is 244 g/mol. The largest absolute Gasteiger partial charge is 0.369 e. The van der Waals surface area contributed by atoms with Crippen molar-refractivity contribution in [2.75, 3.05) is 0 Å². The van der Waals surface area contributed by atoms with Crippen LogP contribution in [0.15, 0.2) is 12.2 Å². The summed E-state index contributed by atoms with van der Waals surface area (Å²) in [6, 6.07) is 0. The van der Waals surface area contributed by atoms with Gasteiger partial charge in [-0.3, -0.25) is 0 Å². The third-order valence-corrected chi connectivity index (χ3v) is 4.06. The van der Waals surface area contributed by atoms with E-state index in [0.717, 1.165) is 0 Å². The van der Waals surface area contributed by atoms with Crippen LogP contribution in [0.2, 0.25) is 0 Å². The molecule has 1 aliphatic rings. The summed E-state index contributed by atoms with van der Waals surface area (Å²) in [4.78, 5) is 0. The van der Waals surface area contributed by atoms with Crippen LogP contribution >= 0.6 is 0 Å². The monoisotopic (exact) mass is 280 g/mol. The topological polar surface area (TPSA) is 9.23 Å². The summed E-state index contributed by atoms with van der Waals surface area (Å²) in [5.74, 6) is 0.684. The van der Waals surface area contributed by atoms with Crippen molar-refractivity contribution >= 4 is 0 Å². The van der Waals surface area contributed by atoms with Gasteiger partial charge in [0.15, 0.2) is 0 Å². The van der Waals surface area contributed by atoms with Crippen molar-refractivity contribution in [1.29, 1.82) is 0 Å². The molecule has 0 spiro atoms. The molecular formula is C19H36O. The Balaban J connectivity index is 2.37. The van der Waals surface area contributed by atoms with Gasteiger partial charge in [-0.15, -0.1) is 0 Å². The number of rotatable bonds is 7. The van der Waals surface area contributed by atoms with Crippen LogP contribution in [0.1, 0.15) is 92.4 Å². The Morgan fingerprint density at radius 3 is 2.25 bits per heavy atom. The summed E-state index contributed by atoms with van der Waals surface area (Å²) < 4.78 is 6.49. The fourth-order valence-electron chi connectivity index (χ4n) is 3.33. The third kappa shape index (κ3) is 7.47. The van der Waals surface area contributed by atoms with Gasteiger partial charge < -0.3 is 4.74 Å². The number of allylic oxidation sites excluding steroid dienone is 2. The van der Waals surface area contributed by atoms with E-state index in [9.17, 15) is 0 Å². The van der Waals surface area contributed by atoms with Crippen LogP contribution in [0.4, 0.5) is 0 Å². The smallest absolute Gasteiger partial charge is 0.0689 e. The number of unbranched alkanes of at least 4 members (excludes halogenated alkanes) is 2. The molecule has 118 valence electrons. The van der Waals surface area contributed by atoms with E-state index in [1.165, 1.54) is 57.8 Å². The molecule has 1 rings (SSSR count). The van der Waals surface area contributed by atoms with Gasteiger partial charge in [-0.05, 0) is 58.8 Å². The Bertz CT molecular complexity index is 277. The molecule has 0 aromatic heterocycles. The highest BCUT2D eigenvalue weighted by Gasteiger charge is 2.35. The van der Waals surface area contributed by atoms with Gasteiger partial charge in [0.2, 0.25) is 0 Å². The first kappa shape index (κ1) is 17.8. The summed E-state index contributed by atoms with van der Waals surface area (Å²) in [5.41, 5.74) is 0.174. The van der Waals surface area contributed by atoms with Crippen LogP contribution in [0.25, 0.3) is 0 Å². The quantitative estimate of drug-likeness (QED) is 0.394. The second kappa shape index (κ2) is 8.22. The highest BCUT2D eigenvalue weighted by Crippen LogP contribution is 2.38. The fourth-order valence-corrected chi connectivity index (χ4v) is 3.33. The molecule has 1 aliphatic carbocycles. The minimum absolute atomic E-state index is 0.00507. The summed E-state index contributed by atoms with van der Waals surface area (Å²) in [6.07, 6.45) is 16.4. The molecule has 0 atom stereocenters. The molecule has 0 aromatic rings. The summed E-state index contributed by atoms with van der Waals surface area (Å²) in [7, 11) is 0. The second-order valence-corrected chi connectivity index (χ2v) is 7.88. The Hall–Kier alpha value is -0.300. The Kier molecular flexibility index (Phi) is 7.29. The first-order valence-corrected chi connectivity index (χ1v) is 8.70. The van der Waals surface area contributed by atoms with Crippen LogP contribution in [0.5, 0.6) is 0 Å². The van der Waals surface area contributed by atoms with Crippen molar-refractivity contribution in [3.05, 3.63) is 12.2 Å². The average Bonchev–Trinajstić information content (AvgIpc) is 2.32. The van der Waals surface area contributed by atoms with Gasteiger partial charge in [0.25, 0.3) is 0 Å². The molecule has 0 saturated heterocycles. The Labute approximate surface area is 127 Å². The molecule has 0 aromatic carbocycles. The van der Waals surface area contributed by atoms with Crippen LogP contribution in [0, 0.1) is 5.92 Å². The van der Waals surface area contributed by atoms with Crippen LogP contribution in [-0.2, 0) is 4.74 Å². The summed E-state index contributed by atoms with van der Waals surface area (Å²) in [5, 5.41) is 0. The van der Waals surface area contributed by atoms with Crippen molar-refractivity contribution in [3.63, 3.8) is 0 Å². The Morgan fingerprint density at radius 2 is 1.70 bits per heavy atom. The van der Waals surface area contributed by atoms with Crippen molar-refractivity contribution in [2.45, 2.75) is 104 Å². The number of hydrogen-bond acceptors (Lipinski definition) is 1. The first-order chi connectivity index (χ1) is 9.33. The van der Waals surface area contributed by atoms with E-state index in [1.807, 2.05) is 0 Å². The molecule has 0 radical (unpaired) electrons. The molecule has 1 saturated carbocycles. The first-order valence-electron chi connectivity index (χ1n) is 8.70. The molecule has 0 bridgehead atoms. The highest BCUT2D eigenvalue weighted by molar-refractivity contribution is 4.88. The standard InChI is InChI=1S/C19H36O/c1-17(2)13-9-6-7-10-14-19(20-18(3,4)5)15-11-8-12-16-19/h9,13,17H,6-8,10-12,14-16H2,1-5H3. The summed E-state index contributed by atoms with van der Waals surface area (Å²) >= 11 is 0. The van der Waals surface area contributed by atoms with Crippen molar-refractivity contribution in [1.82, 2.24) is 0 Å². The third-order valence-electron chi connectivity index (χ3n) is 4.06. The predicted molar refractivity (Wildman–Crippen MR) is 89.1 cm³/mol. The normalized spacial score (nSPS) is 19.9. The van der Waals surface area contributed by atoms with Gasteiger partial charge in [-0.2, -0.15) is 0 Å². The average molecular weight is 280 g/mol. The van der Waals surface area contributed by atoms with E-state index < -0.39 is 0 Å². The SMILES string of the molecule is CC(C)C=CCCCCC1(OC(C)(C)C)CCCCC1. The van der Waals surface area contributed by atoms with Crippen molar-refractivity contribution in [2.24, 2.45) is 5.92 Å². The van der Waals surface area contributed by atoms with Crippen LogP contribution in [-0.4, -0.2) is 11.2 Å². The lowest BCUT2D eigenvalue weighted by atomic mass is 9.80. The van der Waals surface area contributed by atoms with E-state index in [0.29, 0.717) is 5.92 Å². The fraction of sp³-hybridized carbons (Fsp3) is 0.895. The maximum atomic E-state index is 6.49. The molecule has 0 unspecified atom stereocenters. The van der Waals surface area contributed by atoms with Crippen molar-refractivity contribution < 1.29 is 4.74 Å². The minimum atomic E-state index is -0.00507. The second-order valence-electron chi connectivity index (χ2n) is 7.88. The highest BCUT2D eigenvalue weighted by atomic mass is 16.5. The van der Waals surface area contributed by atoms with Crippen LogP contribution in [0.3, 0.4) is 0 Å². The van der Waals surface area contributed by atoms with Gasteiger partial charge >= 0.3 is 0 Å². The number of hydrogen-bond donors (Lipinski definition) is 0. The number of ether oxygens (including phenoxy) is 1. The molecule has 1 heteroatoms. The zero-order chi connectivity index (χ0) is 15.1. The van der Waals surface area contributed by atoms with E-state index in [4.69, 9.17) is 4.74 Å². The molecule has 0 N–H and O–H groups in total. The molecule has 0 heterocycles. The maximum Gasteiger partial charge on any atom is 0.0689 e. The van der Waals surface area contributed by atoms with E-state index >= 15 is 0 Å². The van der Waals surface area contributed by atoms with E-state index in [-0.39, 0.29) is 11.2 Å². The zero-order valence-corrected chi connectivity index (χ0v) is 14.5. The molecule has 1 fully saturated rings. The molecule has 20 heavy (non-hydrogen) atoms. The van der Waals surface area contributed by atoms with Gasteiger partial charge in [0.1, 0.15) is 0 Å². The van der Waals surface area contributed by atoms with Crippen LogP contribution < -0.4 is 0 Å². The minimum Gasteiger partial charge on any atom is -0.369 e. The van der Waals surface area contributed by atoms with Gasteiger partial charge in [0, 0.05) is 0 Å². The van der Waals surface area contributed by atoms with Gasteiger partial charge in [-0.25, -0.2) is 0 Å². The van der Waals surface area contributed by atoms with Gasteiger partial charge in [-0.1, -0.05) is 51.7 Å². The zero-order valence-electron chi connectivity index (χ0n) is 14.5. The van der Waals surface area contributed by atoms with Crippen molar-refractivity contribution in [3.8, 4) is 0 Å². The lowest BCUT2D eigenvalue weighted by Gasteiger charge is -2.42.